The zero-order valence-corrected chi connectivity index (χ0v) is 10.5. The van der Waals surface area contributed by atoms with Gasteiger partial charge in [0.05, 0.1) is 16.6 Å². The van der Waals surface area contributed by atoms with Gasteiger partial charge in [0, 0.05) is 0 Å². The molecule has 0 amide bonds. The number of imidazole rings is 1. The van der Waals surface area contributed by atoms with Gasteiger partial charge in [0.25, 0.3) is 0 Å². The third-order valence-corrected chi connectivity index (χ3v) is 3.06. The number of rotatable bonds is 3. The fourth-order valence-electron chi connectivity index (χ4n) is 2.22. The van der Waals surface area contributed by atoms with Crippen LogP contribution in [-0.4, -0.2) is 20.6 Å². The van der Waals surface area contributed by atoms with Gasteiger partial charge in [-0.05, 0) is 24.3 Å². The van der Waals surface area contributed by atoms with Crippen molar-refractivity contribution in [1.82, 2.24) is 9.55 Å². The molecule has 20 heavy (non-hydrogen) atoms. The molecular formula is C15H11FN2O2. The van der Waals surface area contributed by atoms with Crippen LogP contribution in [0.3, 0.4) is 0 Å². The second-order valence-electron chi connectivity index (χ2n) is 4.38. The van der Waals surface area contributed by atoms with Gasteiger partial charge < -0.3 is 9.67 Å². The van der Waals surface area contributed by atoms with Gasteiger partial charge in [0.1, 0.15) is 18.2 Å². The Kier molecular flexibility index (Phi) is 2.95. The van der Waals surface area contributed by atoms with E-state index in [0.29, 0.717) is 22.4 Å². The lowest BCUT2D eigenvalue weighted by atomic mass is 10.2. The summed E-state index contributed by atoms with van der Waals surface area (Å²) in [7, 11) is 0. The molecular weight excluding hydrogens is 259 g/mol. The first-order chi connectivity index (χ1) is 9.66. The minimum atomic E-state index is -0.995. The van der Waals surface area contributed by atoms with Gasteiger partial charge >= 0.3 is 5.97 Å². The predicted molar refractivity (Wildman–Crippen MR) is 72.8 cm³/mol. The lowest BCUT2D eigenvalue weighted by Gasteiger charge is -2.07. The number of aromatic nitrogens is 2. The van der Waals surface area contributed by atoms with Crippen molar-refractivity contribution in [2.45, 2.75) is 6.54 Å². The first kappa shape index (κ1) is 12.3. The maximum Gasteiger partial charge on any atom is 0.323 e. The monoisotopic (exact) mass is 270 g/mol. The highest BCUT2D eigenvalue weighted by atomic mass is 19.1. The number of halogens is 1. The van der Waals surface area contributed by atoms with Gasteiger partial charge in [-0.3, -0.25) is 4.79 Å². The largest absolute Gasteiger partial charge is 0.480 e. The molecule has 0 radical (unpaired) electrons. The summed E-state index contributed by atoms with van der Waals surface area (Å²) in [5.74, 6) is -1.09. The van der Waals surface area contributed by atoms with Crippen molar-refractivity contribution in [3.05, 3.63) is 54.3 Å². The molecule has 5 heteroatoms. The fourth-order valence-corrected chi connectivity index (χ4v) is 2.22. The summed E-state index contributed by atoms with van der Waals surface area (Å²) >= 11 is 0. The van der Waals surface area contributed by atoms with Gasteiger partial charge in [0.2, 0.25) is 0 Å². The highest BCUT2D eigenvalue weighted by Crippen LogP contribution is 2.26. The van der Waals surface area contributed by atoms with E-state index in [-0.39, 0.29) is 6.54 Å². The van der Waals surface area contributed by atoms with Crippen LogP contribution < -0.4 is 0 Å². The molecule has 1 heterocycles. The summed E-state index contributed by atoms with van der Waals surface area (Å²) in [6.45, 7) is -0.260. The lowest BCUT2D eigenvalue weighted by Crippen LogP contribution is -2.10. The zero-order valence-electron chi connectivity index (χ0n) is 10.5. The van der Waals surface area contributed by atoms with Crippen molar-refractivity contribution in [2.75, 3.05) is 0 Å². The maximum absolute atomic E-state index is 13.9. The SMILES string of the molecule is O=C(O)Cn1c(-c2ccccc2F)nc2ccccc21. The molecule has 0 fully saturated rings. The van der Waals surface area contributed by atoms with Crippen LogP contribution in [0.1, 0.15) is 0 Å². The molecule has 0 bridgehead atoms. The number of benzene rings is 2. The number of hydrogen-bond donors (Lipinski definition) is 1. The van der Waals surface area contributed by atoms with Crippen LogP contribution in [0.4, 0.5) is 4.39 Å². The average Bonchev–Trinajstić information content (AvgIpc) is 2.78. The Hall–Kier alpha value is -2.69. The number of carbonyl (C=O) groups is 1. The number of carboxylic acids is 1. The second-order valence-corrected chi connectivity index (χ2v) is 4.38. The number of hydrogen-bond acceptors (Lipinski definition) is 2. The van der Waals surface area contributed by atoms with Gasteiger partial charge in [-0.15, -0.1) is 0 Å². The van der Waals surface area contributed by atoms with Gasteiger partial charge in [-0.2, -0.15) is 0 Å². The number of para-hydroxylation sites is 2. The van der Waals surface area contributed by atoms with Crippen LogP contribution in [0.2, 0.25) is 0 Å². The maximum atomic E-state index is 13.9. The average molecular weight is 270 g/mol. The number of fused-ring (bicyclic) bond motifs is 1. The number of aliphatic carboxylic acids is 1. The molecule has 0 saturated carbocycles. The summed E-state index contributed by atoms with van der Waals surface area (Å²) in [4.78, 5) is 15.4. The molecule has 0 unspecified atom stereocenters. The zero-order chi connectivity index (χ0) is 14.1. The summed E-state index contributed by atoms with van der Waals surface area (Å²) in [5, 5.41) is 9.04. The summed E-state index contributed by atoms with van der Waals surface area (Å²) in [5.41, 5.74) is 1.62. The van der Waals surface area contributed by atoms with E-state index < -0.39 is 11.8 Å². The third kappa shape index (κ3) is 2.03. The van der Waals surface area contributed by atoms with Crippen LogP contribution in [-0.2, 0) is 11.3 Å². The molecule has 0 atom stereocenters. The standard InChI is InChI=1S/C15H11FN2O2/c16-11-6-2-1-5-10(11)15-17-12-7-3-4-8-13(12)18(15)9-14(19)20/h1-8H,9H2,(H,19,20). The van der Waals surface area contributed by atoms with Crippen molar-refractivity contribution in [3.8, 4) is 11.4 Å². The Balaban J connectivity index is 2.29. The molecule has 3 aromatic rings. The Morgan fingerprint density at radius 2 is 1.85 bits per heavy atom. The third-order valence-electron chi connectivity index (χ3n) is 3.06. The van der Waals surface area contributed by atoms with Crippen molar-refractivity contribution in [3.63, 3.8) is 0 Å². The van der Waals surface area contributed by atoms with E-state index in [9.17, 15) is 9.18 Å². The van der Waals surface area contributed by atoms with Crippen molar-refractivity contribution < 1.29 is 14.3 Å². The topological polar surface area (TPSA) is 55.1 Å². The molecule has 1 aromatic heterocycles. The van der Waals surface area contributed by atoms with E-state index >= 15 is 0 Å². The van der Waals surface area contributed by atoms with Gasteiger partial charge in [0.15, 0.2) is 0 Å². The summed E-state index contributed by atoms with van der Waals surface area (Å²) < 4.78 is 15.4. The van der Waals surface area contributed by atoms with Crippen molar-refractivity contribution in [1.29, 1.82) is 0 Å². The molecule has 100 valence electrons. The smallest absolute Gasteiger partial charge is 0.323 e. The van der Waals surface area contributed by atoms with E-state index in [1.54, 1.807) is 36.4 Å². The number of carboxylic acid groups (broad SMARTS) is 1. The van der Waals surface area contributed by atoms with E-state index in [4.69, 9.17) is 5.11 Å². The first-order valence-electron chi connectivity index (χ1n) is 6.09. The molecule has 0 aliphatic heterocycles. The molecule has 0 aliphatic carbocycles. The van der Waals surface area contributed by atoms with Crippen LogP contribution in [0, 0.1) is 5.82 Å². The molecule has 3 rings (SSSR count). The Morgan fingerprint density at radius 3 is 2.60 bits per heavy atom. The normalized spacial score (nSPS) is 10.8. The van der Waals surface area contributed by atoms with Crippen LogP contribution in [0.15, 0.2) is 48.5 Å². The number of nitrogens with zero attached hydrogens (tertiary/aromatic N) is 2. The predicted octanol–water partition coefficient (Wildman–Crippen LogP) is 2.93. The highest BCUT2D eigenvalue weighted by molar-refractivity contribution is 5.82. The van der Waals surface area contributed by atoms with Gasteiger partial charge in [-0.1, -0.05) is 24.3 Å². The van der Waals surface area contributed by atoms with Crippen LogP contribution in [0.5, 0.6) is 0 Å². The van der Waals surface area contributed by atoms with Gasteiger partial charge in [-0.25, -0.2) is 9.37 Å². The van der Waals surface area contributed by atoms with E-state index in [1.807, 2.05) is 6.07 Å². The molecule has 2 aromatic carbocycles. The highest BCUT2D eigenvalue weighted by Gasteiger charge is 2.16. The first-order valence-corrected chi connectivity index (χ1v) is 6.09. The minimum absolute atomic E-state index is 0.260. The second kappa shape index (κ2) is 4.77. The van der Waals surface area contributed by atoms with Crippen LogP contribution >= 0.6 is 0 Å². The van der Waals surface area contributed by atoms with E-state index in [1.165, 1.54) is 10.6 Å². The molecule has 0 saturated heterocycles. The molecule has 4 nitrogen and oxygen atoms in total. The quantitative estimate of drug-likeness (QED) is 0.796. The molecule has 1 N–H and O–H groups in total. The van der Waals surface area contributed by atoms with Crippen molar-refractivity contribution >= 4 is 17.0 Å². The lowest BCUT2D eigenvalue weighted by molar-refractivity contribution is -0.137. The summed E-state index contributed by atoms with van der Waals surface area (Å²) in [6.07, 6.45) is 0. The molecule has 0 spiro atoms. The minimum Gasteiger partial charge on any atom is -0.480 e. The van der Waals surface area contributed by atoms with E-state index in [2.05, 4.69) is 4.98 Å². The Labute approximate surface area is 114 Å². The Bertz CT molecular complexity index is 795. The van der Waals surface area contributed by atoms with Crippen LogP contribution in [0.25, 0.3) is 22.4 Å². The fraction of sp³-hybridized carbons (Fsp3) is 0.0667. The van der Waals surface area contributed by atoms with Crippen molar-refractivity contribution in [2.24, 2.45) is 0 Å². The summed E-state index contributed by atoms with van der Waals surface area (Å²) in [6, 6.07) is 13.4. The van der Waals surface area contributed by atoms with E-state index in [0.717, 1.165) is 0 Å². The Morgan fingerprint density at radius 1 is 1.15 bits per heavy atom. The molecule has 0 aliphatic rings.